The van der Waals surface area contributed by atoms with Gasteiger partial charge in [0.25, 0.3) is 0 Å². The molecular weight excluding hydrogens is 630 g/mol. The van der Waals surface area contributed by atoms with E-state index in [4.69, 9.17) is 9.47 Å². The predicted molar refractivity (Wildman–Crippen MR) is 204 cm³/mol. The van der Waals surface area contributed by atoms with Crippen molar-refractivity contribution >= 4 is 35.5 Å². The molecule has 0 bridgehead atoms. The van der Waals surface area contributed by atoms with E-state index in [0.717, 1.165) is 84.1 Å². The number of hydrogen-bond acceptors (Lipinski definition) is 4. The van der Waals surface area contributed by atoms with Crippen LogP contribution in [-0.2, 0) is 9.13 Å². The fourth-order valence-corrected chi connectivity index (χ4v) is 11.7. The van der Waals surface area contributed by atoms with Gasteiger partial charge in [0.05, 0.1) is 13.2 Å². The van der Waals surface area contributed by atoms with Crippen LogP contribution in [0.25, 0.3) is 0 Å². The zero-order valence-electron chi connectivity index (χ0n) is 27.9. The van der Waals surface area contributed by atoms with E-state index in [9.17, 15) is 9.13 Å². The lowest BCUT2D eigenvalue weighted by Gasteiger charge is -2.19. The summed E-state index contributed by atoms with van der Waals surface area (Å²) in [7, 11) is -5.26. The van der Waals surface area contributed by atoms with Gasteiger partial charge in [-0.1, -0.05) is 147 Å². The first kappa shape index (κ1) is 35.5. The van der Waals surface area contributed by atoms with Crippen LogP contribution in [0, 0.1) is 0 Å². The first-order valence-electron chi connectivity index (χ1n) is 17.3. The van der Waals surface area contributed by atoms with Crippen molar-refractivity contribution < 1.29 is 18.6 Å². The Morgan fingerprint density at radius 2 is 0.604 bits per heavy atom. The quantitative estimate of drug-likeness (QED) is 0.0608. The van der Waals surface area contributed by atoms with Gasteiger partial charge >= 0.3 is 0 Å². The number of benzene rings is 5. The fraction of sp³-hybridized carbons (Fsp3) is 0.286. The van der Waals surface area contributed by atoms with Crippen molar-refractivity contribution in [2.24, 2.45) is 0 Å². The van der Waals surface area contributed by atoms with Gasteiger partial charge in [-0.15, -0.1) is 0 Å². The molecule has 48 heavy (non-hydrogen) atoms. The van der Waals surface area contributed by atoms with E-state index < -0.39 is 14.3 Å². The molecule has 0 spiro atoms. The molecule has 5 aromatic carbocycles. The van der Waals surface area contributed by atoms with Gasteiger partial charge in [0.2, 0.25) is 0 Å². The molecule has 0 amide bonds. The van der Waals surface area contributed by atoms with Gasteiger partial charge in [0, 0.05) is 33.5 Å². The number of unbranched alkanes of at least 4 members (excludes halogenated alkanes) is 6. The molecule has 0 atom stereocenters. The van der Waals surface area contributed by atoms with Crippen LogP contribution < -0.4 is 30.7 Å². The highest BCUT2D eigenvalue weighted by molar-refractivity contribution is 7.79. The summed E-state index contributed by atoms with van der Waals surface area (Å²) in [6, 6.07) is 47.6. The van der Waals surface area contributed by atoms with Gasteiger partial charge in [-0.05, 0) is 49.9 Å². The van der Waals surface area contributed by atoms with Gasteiger partial charge in [-0.2, -0.15) is 0 Å². The third-order valence-electron chi connectivity index (χ3n) is 8.79. The standard InChI is InChI=1S/C42H48O4P2/c43-47(39-21-9-5-10-22-39,40-23-11-6-12-24-40)35-19-3-1-17-33-45-37-29-31-38(32-30-37)46-34-18-2-4-20-36-48(44,41-25-13-7-14-26-41)42-27-15-8-16-28-42/h5-16,21-32H,1-4,17-20,33-36H2. The Hall–Kier alpha value is -3.84. The molecule has 5 aromatic rings. The molecule has 0 fully saturated rings. The maximum atomic E-state index is 14.1. The molecule has 250 valence electrons. The minimum absolute atomic E-state index is 0.663. The molecular formula is C42H48O4P2. The minimum Gasteiger partial charge on any atom is -0.494 e. The molecule has 0 aromatic heterocycles. The maximum absolute atomic E-state index is 14.1. The highest BCUT2D eigenvalue weighted by Crippen LogP contribution is 2.45. The number of hydrogen-bond donors (Lipinski definition) is 0. The molecule has 0 aliphatic heterocycles. The van der Waals surface area contributed by atoms with Crippen LogP contribution in [0.5, 0.6) is 11.5 Å². The second-order valence-corrected chi connectivity index (χ2v) is 18.2. The Kier molecular flexibility index (Phi) is 13.8. The molecule has 0 saturated carbocycles. The van der Waals surface area contributed by atoms with Gasteiger partial charge in [-0.3, -0.25) is 0 Å². The van der Waals surface area contributed by atoms with Crippen LogP contribution in [0.3, 0.4) is 0 Å². The molecule has 0 unspecified atom stereocenters. The lowest BCUT2D eigenvalue weighted by molar-refractivity contribution is 0.297. The van der Waals surface area contributed by atoms with Gasteiger partial charge in [0.15, 0.2) is 0 Å². The monoisotopic (exact) mass is 678 g/mol. The maximum Gasteiger partial charge on any atom is 0.143 e. The highest BCUT2D eigenvalue weighted by Gasteiger charge is 2.27. The van der Waals surface area contributed by atoms with Crippen LogP contribution in [0.4, 0.5) is 0 Å². The van der Waals surface area contributed by atoms with Gasteiger partial charge in [0.1, 0.15) is 25.8 Å². The van der Waals surface area contributed by atoms with Crippen molar-refractivity contribution in [1.29, 1.82) is 0 Å². The normalized spacial score (nSPS) is 11.7. The summed E-state index contributed by atoms with van der Waals surface area (Å²) in [4.78, 5) is 0. The van der Waals surface area contributed by atoms with Crippen molar-refractivity contribution in [3.05, 3.63) is 146 Å². The first-order valence-corrected chi connectivity index (χ1v) is 21.1. The zero-order chi connectivity index (χ0) is 33.3. The van der Waals surface area contributed by atoms with E-state index in [0.29, 0.717) is 25.5 Å². The third-order valence-corrected chi connectivity index (χ3v) is 15.2. The Balaban J connectivity index is 0.949. The number of ether oxygens (including phenoxy) is 2. The van der Waals surface area contributed by atoms with Gasteiger partial charge in [-0.25, -0.2) is 0 Å². The third kappa shape index (κ3) is 10.1. The molecule has 5 rings (SSSR count). The predicted octanol–water partition coefficient (Wildman–Crippen LogP) is 9.59. The molecule has 0 aliphatic carbocycles. The second-order valence-electron chi connectivity index (χ2n) is 12.3. The smallest absolute Gasteiger partial charge is 0.143 e. The van der Waals surface area contributed by atoms with Crippen LogP contribution in [0.1, 0.15) is 51.4 Å². The molecule has 0 aliphatic rings. The molecule has 6 heteroatoms. The Morgan fingerprint density at radius 1 is 0.333 bits per heavy atom. The van der Waals surface area contributed by atoms with Crippen LogP contribution in [0.15, 0.2) is 146 Å². The summed E-state index contributed by atoms with van der Waals surface area (Å²) in [6.45, 7) is 1.33. The zero-order valence-corrected chi connectivity index (χ0v) is 29.7. The largest absolute Gasteiger partial charge is 0.494 e. The molecule has 0 radical (unpaired) electrons. The van der Waals surface area contributed by atoms with E-state index in [-0.39, 0.29) is 0 Å². The van der Waals surface area contributed by atoms with Crippen molar-refractivity contribution in [3.63, 3.8) is 0 Å². The molecule has 0 N–H and O–H groups in total. The van der Waals surface area contributed by atoms with Crippen molar-refractivity contribution in [1.82, 2.24) is 0 Å². The summed E-state index contributed by atoms with van der Waals surface area (Å²) in [6.07, 6.45) is 9.29. The number of rotatable bonds is 20. The van der Waals surface area contributed by atoms with Crippen LogP contribution in [-0.4, -0.2) is 25.5 Å². The van der Waals surface area contributed by atoms with Crippen molar-refractivity contribution in [2.45, 2.75) is 51.4 Å². The first-order chi connectivity index (χ1) is 23.6. The summed E-state index contributed by atoms with van der Waals surface area (Å²) < 4.78 is 40.2. The Morgan fingerprint density at radius 3 is 0.896 bits per heavy atom. The Labute approximate surface area is 287 Å². The average Bonchev–Trinajstić information content (AvgIpc) is 3.16. The van der Waals surface area contributed by atoms with E-state index in [1.54, 1.807) is 0 Å². The van der Waals surface area contributed by atoms with Crippen molar-refractivity contribution in [3.8, 4) is 11.5 Å². The highest BCUT2D eigenvalue weighted by atomic mass is 31.2. The lowest BCUT2D eigenvalue weighted by Crippen LogP contribution is -2.18. The van der Waals surface area contributed by atoms with E-state index in [1.165, 1.54) is 0 Å². The van der Waals surface area contributed by atoms with Crippen LogP contribution in [0.2, 0.25) is 0 Å². The second kappa shape index (κ2) is 18.6. The summed E-state index contributed by atoms with van der Waals surface area (Å²) in [5.41, 5.74) is 0. The van der Waals surface area contributed by atoms with E-state index in [2.05, 4.69) is 0 Å². The van der Waals surface area contributed by atoms with Crippen LogP contribution >= 0.6 is 14.3 Å². The summed E-state index contributed by atoms with van der Waals surface area (Å²) in [5, 5.41) is 3.77. The molecule has 0 heterocycles. The Bertz CT molecular complexity index is 1490. The molecule has 0 saturated heterocycles. The minimum atomic E-state index is -2.63. The van der Waals surface area contributed by atoms with Gasteiger partial charge < -0.3 is 18.6 Å². The van der Waals surface area contributed by atoms with E-state index >= 15 is 0 Å². The fourth-order valence-electron chi connectivity index (χ4n) is 6.08. The van der Waals surface area contributed by atoms with E-state index in [1.807, 2.05) is 146 Å². The summed E-state index contributed by atoms with van der Waals surface area (Å²) in [5.74, 6) is 1.70. The lowest BCUT2D eigenvalue weighted by atomic mass is 10.2. The topological polar surface area (TPSA) is 52.6 Å². The average molecular weight is 679 g/mol. The summed E-state index contributed by atoms with van der Waals surface area (Å²) >= 11 is 0. The van der Waals surface area contributed by atoms with Crippen molar-refractivity contribution in [2.75, 3.05) is 25.5 Å². The molecule has 4 nitrogen and oxygen atoms in total. The SMILES string of the molecule is O=P(CCCCCCOc1ccc(OCCCCCCP(=O)(c2ccccc2)c2ccccc2)cc1)(c1ccccc1)c1ccccc1.